The molecular formula is C9H10N2O6. The van der Waals surface area contributed by atoms with Crippen molar-refractivity contribution in [2.75, 3.05) is 6.61 Å². The van der Waals surface area contributed by atoms with Crippen LogP contribution in [-0.4, -0.2) is 49.8 Å². The molecule has 2 rings (SSSR count). The van der Waals surface area contributed by atoms with E-state index in [2.05, 4.69) is 12.3 Å². The monoisotopic (exact) mass is 242 g/mol. The Labute approximate surface area is 94.7 Å². The molecule has 2 heterocycles. The molecule has 92 valence electrons. The Kier molecular flexibility index (Phi) is 2.99. The molecular weight excluding hydrogens is 232 g/mol. The quantitative estimate of drug-likeness (QED) is 0.431. The summed E-state index contributed by atoms with van der Waals surface area (Å²) in [5.74, 6) is 0. The summed E-state index contributed by atoms with van der Waals surface area (Å²) in [5.41, 5.74) is -1.60. The van der Waals surface area contributed by atoms with Gasteiger partial charge in [-0.2, -0.15) is 0 Å². The lowest BCUT2D eigenvalue weighted by Crippen LogP contribution is -2.37. The van der Waals surface area contributed by atoms with Gasteiger partial charge in [-0.1, -0.05) is 0 Å². The van der Waals surface area contributed by atoms with Crippen LogP contribution in [0.4, 0.5) is 0 Å². The van der Waals surface area contributed by atoms with Crippen molar-refractivity contribution in [1.82, 2.24) is 9.55 Å². The second kappa shape index (κ2) is 4.31. The van der Waals surface area contributed by atoms with Crippen molar-refractivity contribution in [3.05, 3.63) is 33.1 Å². The third-order valence-corrected chi connectivity index (χ3v) is 2.50. The molecule has 8 nitrogen and oxygen atoms in total. The number of hydrogen-bond donors (Lipinski definition) is 4. The Morgan fingerprint density at radius 3 is 2.59 bits per heavy atom. The van der Waals surface area contributed by atoms with E-state index in [0.717, 1.165) is 4.57 Å². The van der Waals surface area contributed by atoms with E-state index in [9.17, 15) is 19.8 Å². The van der Waals surface area contributed by atoms with Gasteiger partial charge in [-0.05, 0) is 0 Å². The summed E-state index contributed by atoms with van der Waals surface area (Å²) in [6, 6.07) is 2.08. The first-order valence-electron chi connectivity index (χ1n) is 4.83. The van der Waals surface area contributed by atoms with E-state index in [1.54, 1.807) is 0 Å². The molecule has 1 saturated heterocycles. The number of nitrogens with zero attached hydrogens (tertiary/aromatic N) is 1. The fraction of sp³-hybridized carbons (Fsp3) is 0.556. The van der Waals surface area contributed by atoms with Crippen molar-refractivity contribution >= 4 is 0 Å². The van der Waals surface area contributed by atoms with Gasteiger partial charge in [0.05, 0.1) is 6.61 Å². The molecule has 17 heavy (non-hydrogen) atoms. The molecule has 4 N–H and O–H groups in total. The first-order chi connectivity index (χ1) is 8.04. The molecule has 1 aromatic heterocycles. The van der Waals surface area contributed by atoms with E-state index in [-0.39, 0.29) is 0 Å². The van der Waals surface area contributed by atoms with Crippen LogP contribution in [0.1, 0.15) is 6.23 Å². The van der Waals surface area contributed by atoms with Crippen LogP contribution in [0, 0.1) is 12.3 Å². The molecule has 0 saturated carbocycles. The van der Waals surface area contributed by atoms with Gasteiger partial charge in [0.1, 0.15) is 18.3 Å². The fourth-order valence-corrected chi connectivity index (χ4v) is 1.62. The van der Waals surface area contributed by atoms with E-state index in [1.165, 1.54) is 0 Å². The molecule has 0 unspecified atom stereocenters. The zero-order chi connectivity index (χ0) is 12.6. The van der Waals surface area contributed by atoms with Crippen LogP contribution >= 0.6 is 0 Å². The number of H-pyrrole nitrogens is 1. The van der Waals surface area contributed by atoms with Crippen molar-refractivity contribution in [3.63, 3.8) is 0 Å². The van der Waals surface area contributed by atoms with Crippen molar-refractivity contribution in [2.24, 2.45) is 0 Å². The molecule has 1 aliphatic rings. The molecule has 0 aliphatic carbocycles. The molecule has 1 aromatic rings. The molecule has 1 aliphatic heterocycles. The zero-order valence-electron chi connectivity index (χ0n) is 8.53. The maximum atomic E-state index is 11.4. The highest BCUT2D eigenvalue weighted by molar-refractivity contribution is 4.89. The average molecular weight is 242 g/mol. The minimum absolute atomic E-state index is 0.503. The number of rotatable bonds is 2. The second-order valence-corrected chi connectivity index (χ2v) is 3.59. The van der Waals surface area contributed by atoms with Gasteiger partial charge in [-0.3, -0.25) is 9.78 Å². The molecule has 0 bridgehead atoms. The van der Waals surface area contributed by atoms with Gasteiger partial charge < -0.3 is 20.1 Å². The maximum absolute atomic E-state index is 11.4. The summed E-state index contributed by atoms with van der Waals surface area (Å²) in [4.78, 5) is 24.1. The Morgan fingerprint density at radius 1 is 1.35 bits per heavy atom. The van der Waals surface area contributed by atoms with Crippen molar-refractivity contribution in [1.29, 1.82) is 0 Å². The topological polar surface area (TPSA) is 125 Å². The largest absolute Gasteiger partial charge is 0.394 e. The van der Waals surface area contributed by atoms with Gasteiger partial charge in [0.15, 0.2) is 6.23 Å². The normalized spacial score (nSPS) is 32.4. The Morgan fingerprint density at radius 2 is 2.06 bits per heavy atom. The highest BCUT2D eigenvalue weighted by atomic mass is 16.6. The van der Waals surface area contributed by atoms with Gasteiger partial charge in [0.25, 0.3) is 0 Å². The lowest BCUT2D eigenvalue weighted by molar-refractivity contribution is -0.0550. The van der Waals surface area contributed by atoms with Crippen LogP contribution in [0.5, 0.6) is 0 Å². The predicted molar refractivity (Wildman–Crippen MR) is 52.0 cm³/mol. The predicted octanol–water partition coefficient (Wildman–Crippen LogP) is -3.25. The maximum Gasteiger partial charge on any atom is 0.338 e. The van der Waals surface area contributed by atoms with Crippen LogP contribution in [0.15, 0.2) is 9.59 Å². The molecule has 1 fully saturated rings. The summed E-state index contributed by atoms with van der Waals surface area (Å²) < 4.78 is 5.85. The van der Waals surface area contributed by atoms with Crippen molar-refractivity contribution in [2.45, 2.75) is 24.5 Å². The third-order valence-electron chi connectivity index (χ3n) is 2.50. The highest BCUT2D eigenvalue weighted by Gasteiger charge is 2.43. The van der Waals surface area contributed by atoms with Crippen LogP contribution < -0.4 is 11.2 Å². The minimum atomic E-state index is -1.40. The summed E-state index contributed by atoms with van der Waals surface area (Å²) in [7, 11) is 0. The van der Waals surface area contributed by atoms with E-state index >= 15 is 0 Å². The van der Waals surface area contributed by atoms with Gasteiger partial charge >= 0.3 is 11.2 Å². The summed E-state index contributed by atoms with van der Waals surface area (Å²) in [6.07, 6.45) is -2.74. The average Bonchev–Trinajstić information content (AvgIpc) is 2.57. The number of hydrogen-bond acceptors (Lipinski definition) is 6. The third kappa shape index (κ3) is 1.96. The first kappa shape index (κ1) is 11.8. The van der Waals surface area contributed by atoms with Gasteiger partial charge in [-0.15, -0.1) is 0 Å². The van der Waals surface area contributed by atoms with Crippen LogP contribution in [0.2, 0.25) is 0 Å². The lowest BCUT2D eigenvalue weighted by Gasteiger charge is -2.14. The number of ether oxygens (including phenoxy) is 1. The number of aromatic amines is 1. The summed E-state index contributed by atoms with van der Waals surface area (Å²) in [5, 5.41) is 28.0. The fourth-order valence-electron chi connectivity index (χ4n) is 1.62. The molecule has 0 spiro atoms. The number of aliphatic hydroxyl groups excluding tert-OH is 3. The SMILES string of the molecule is O=c1c#cn([C@@H]2O[C@H](CO)[C@@H](O)[C@H]2O)c(=O)[nH]1. The number of aromatic nitrogens is 2. The van der Waals surface area contributed by atoms with Crippen LogP contribution in [0.3, 0.4) is 0 Å². The Hall–Kier alpha value is -1.66. The smallest absolute Gasteiger partial charge is 0.338 e. The van der Waals surface area contributed by atoms with E-state index in [1.807, 2.05) is 4.98 Å². The van der Waals surface area contributed by atoms with E-state index in [0.29, 0.717) is 0 Å². The van der Waals surface area contributed by atoms with Crippen molar-refractivity contribution in [3.8, 4) is 0 Å². The first-order valence-corrected chi connectivity index (χ1v) is 4.83. The van der Waals surface area contributed by atoms with Gasteiger partial charge in [-0.25, -0.2) is 9.36 Å². The van der Waals surface area contributed by atoms with Gasteiger partial charge in [0, 0.05) is 12.3 Å². The van der Waals surface area contributed by atoms with E-state index < -0.39 is 42.4 Å². The number of nitrogens with one attached hydrogen (secondary N) is 1. The molecule has 0 amide bonds. The highest BCUT2D eigenvalue weighted by Crippen LogP contribution is 2.27. The second-order valence-electron chi connectivity index (χ2n) is 3.59. The van der Waals surface area contributed by atoms with Crippen LogP contribution in [-0.2, 0) is 4.74 Å². The molecule has 0 radical (unpaired) electrons. The molecule has 8 heteroatoms. The van der Waals surface area contributed by atoms with Gasteiger partial charge in [0.2, 0.25) is 0 Å². The minimum Gasteiger partial charge on any atom is -0.394 e. The van der Waals surface area contributed by atoms with E-state index in [4.69, 9.17) is 9.84 Å². The summed E-state index contributed by atoms with van der Waals surface area (Å²) >= 11 is 0. The standard InChI is InChI=1S/C9H10N2O6/c12-3-4-6(14)7(15)8(17-4)11-2-1-5(13)10-9(11)16/h4,6-8,12,14-15H,3H2,(H,10,13,16)/t4-,6-,7-,8-/m1/s1. The molecule has 0 aromatic carbocycles. The zero-order valence-corrected chi connectivity index (χ0v) is 8.53. The lowest BCUT2D eigenvalue weighted by atomic mass is 10.1. The summed E-state index contributed by atoms with van der Waals surface area (Å²) in [6.45, 7) is -0.503. The Balaban J connectivity index is 2.35. The molecule has 4 atom stereocenters. The van der Waals surface area contributed by atoms with Crippen molar-refractivity contribution < 1.29 is 20.1 Å². The Bertz CT molecular complexity index is 509. The number of aliphatic hydroxyl groups is 3. The van der Waals surface area contributed by atoms with Crippen LogP contribution in [0.25, 0.3) is 0 Å².